The third-order valence-corrected chi connectivity index (χ3v) is 3.65. The molecule has 1 fully saturated rings. The van der Waals surface area contributed by atoms with E-state index in [1.54, 1.807) is 0 Å². The van der Waals surface area contributed by atoms with Crippen molar-refractivity contribution in [1.82, 2.24) is 5.43 Å². The first-order valence-electron chi connectivity index (χ1n) is 6.89. The number of hydrogen-bond donors (Lipinski definition) is 2. The number of unbranched alkanes of at least 4 members (excludes halogenated alkanes) is 1. The zero-order chi connectivity index (χ0) is 12.5. The van der Waals surface area contributed by atoms with Crippen LogP contribution in [0.1, 0.15) is 58.3 Å². The SMILES string of the molecule is CCC1CCCCC1OCCCCC(=O)NN. The first kappa shape index (κ1) is 14.5. The van der Waals surface area contributed by atoms with Crippen LogP contribution in [0.25, 0.3) is 0 Å². The van der Waals surface area contributed by atoms with Crippen molar-refractivity contribution in [3.05, 3.63) is 0 Å². The van der Waals surface area contributed by atoms with Gasteiger partial charge in [-0.25, -0.2) is 5.84 Å². The minimum atomic E-state index is -0.0888. The van der Waals surface area contributed by atoms with E-state index in [9.17, 15) is 4.79 Å². The quantitative estimate of drug-likeness (QED) is 0.311. The monoisotopic (exact) mass is 242 g/mol. The minimum Gasteiger partial charge on any atom is -0.378 e. The maximum atomic E-state index is 10.9. The summed E-state index contributed by atoms with van der Waals surface area (Å²) < 4.78 is 5.94. The molecular weight excluding hydrogens is 216 g/mol. The maximum absolute atomic E-state index is 10.9. The van der Waals surface area contributed by atoms with Crippen molar-refractivity contribution in [3.8, 4) is 0 Å². The Balaban J connectivity index is 2.06. The normalized spacial score (nSPS) is 24.6. The van der Waals surface area contributed by atoms with Crippen LogP contribution in [-0.4, -0.2) is 18.6 Å². The minimum absolute atomic E-state index is 0.0888. The fraction of sp³-hybridized carbons (Fsp3) is 0.923. The Labute approximate surface area is 104 Å². The van der Waals surface area contributed by atoms with Gasteiger partial charge in [-0.05, 0) is 31.6 Å². The Morgan fingerprint density at radius 1 is 1.35 bits per heavy atom. The molecule has 0 aliphatic heterocycles. The second-order valence-electron chi connectivity index (χ2n) is 4.89. The largest absolute Gasteiger partial charge is 0.378 e. The summed E-state index contributed by atoms with van der Waals surface area (Å²) in [6.45, 7) is 3.02. The van der Waals surface area contributed by atoms with Gasteiger partial charge in [0, 0.05) is 13.0 Å². The number of carbonyl (C=O) groups is 1. The molecule has 0 spiro atoms. The number of amides is 1. The Bertz CT molecular complexity index is 221. The van der Waals surface area contributed by atoms with E-state index < -0.39 is 0 Å². The molecule has 2 unspecified atom stereocenters. The van der Waals surface area contributed by atoms with E-state index in [4.69, 9.17) is 10.6 Å². The lowest BCUT2D eigenvalue weighted by molar-refractivity contribution is -0.121. The zero-order valence-corrected chi connectivity index (χ0v) is 10.9. The molecule has 0 heterocycles. The van der Waals surface area contributed by atoms with Gasteiger partial charge in [-0.15, -0.1) is 0 Å². The van der Waals surface area contributed by atoms with Crippen LogP contribution in [0.3, 0.4) is 0 Å². The van der Waals surface area contributed by atoms with E-state index in [-0.39, 0.29) is 5.91 Å². The molecule has 100 valence electrons. The molecule has 4 nitrogen and oxygen atoms in total. The van der Waals surface area contributed by atoms with Gasteiger partial charge in [0.1, 0.15) is 0 Å². The van der Waals surface area contributed by atoms with Crippen molar-refractivity contribution in [2.75, 3.05) is 6.61 Å². The van der Waals surface area contributed by atoms with Gasteiger partial charge in [0.15, 0.2) is 0 Å². The van der Waals surface area contributed by atoms with E-state index in [0.29, 0.717) is 12.5 Å². The molecule has 1 aliphatic rings. The molecule has 3 N–H and O–H groups in total. The van der Waals surface area contributed by atoms with Gasteiger partial charge in [-0.3, -0.25) is 10.2 Å². The molecule has 1 saturated carbocycles. The van der Waals surface area contributed by atoms with Crippen molar-refractivity contribution in [2.24, 2.45) is 11.8 Å². The predicted octanol–water partition coefficient (Wildman–Crippen LogP) is 2.13. The summed E-state index contributed by atoms with van der Waals surface area (Å²) in [7, 11) is 0. The van der Waals surface area contributed by atoms with Crippen molar-refractivity contribution >= 4 is 5.91 Å². The highest BCUT2D eigenvalue weighted by molar-refractivity contribution is 5.74. The molecule has 1 amide bonds. The Morgan fingerprint density at radius 3 is 2.82 bits per heavy atom. The predicted molar refractivity (Wildman–Crippen MR) is 68.2 cm³/mol. The van der Waals surface area contributed by atoms with Crippen LogP contribution in [-0.2, 0) is 9.53 Å². The molecule has 0 aromatic carbocycles. The van der Waals surface area contributed by atoms with Crippen molar-refractivity contribution in [1.29, 1.82) is 0 Å². The number of nitrogens with one attached hydrogen (secondary N) is 1. The van der Waals surface area contributed by atoms with E-state index in [0.717, 1.165) is 25.4 Å². The molecule has 1 aliphatic carbocycles. The van der Waals surface area contributed by atoms with Crippen molar-refractivity contribution in [2.45, 2.75) is 64.4 Å². The molecule has 0 radical (unpaired) electrons. The molecule has 4 heteroatoms. The van der Waals surface area contributed by atoms with Crippen LogP contribution in [0.2, 0.25) is 0 Å². The lowest BCUT2D eigenvalue weighted by atomic mass is 9.85. The second-order valence-corrected chi connectivity index (χ2v) is 4.89. The summed E-state index contributed by atoms with van der Waals surface area (Å²) in [5.41, 5.74) is 2.14. The van der Waals surface area contributed by atoms with Gasteiger partial charge in [0.05, 0.1) is 6.10 Å². The third-order valence-electron chi connectivity index (χ3n) is 3.65. The van der Waals surface area contributed by atoms with Gasteiger partial charge in [-0.2, -0.15) is 0 Å². The van der Waals surface area contributed by atoms with Crippen LogP contribution in [0.15, 0.2) is 0 Å². The van der Waals surface area contributed by atoms with Crippen LogP contribution in [0, 0.1) is 5.92 Å². The van der Waals surface area contributed by atoms with E-state index in [1.807, 2.05) is 0 Å². The summed E-state index contributed by atoms with van der Waals surface area (Å²) in [5.74, 6) is 5.67. The van der Waals surface area contributed by atoms with Gasteiger partial charge < -0.3 is 4.74 Å². The number of ether oxygens (including phenoxy) is 1. The standard InChI is InChI=1S/C13H26N2O2/c1-2-11-7-3-4-8-12(11)17-10-6-5-9-13(16)15-14/h11-12H,2-10,14H2,1H3,(H,15,16). The average molecular weight is 242 g/mol. The van der Waals surface area contributed by atoms with Crippen molar-refractivity contribution < 1.29 is 9.53 Å². The first-order chi connectivity index (χ1) is 8.27. The molecule has 17 heavy (non-hydrogen) atoms. The van der Waals surface area contributed by atoms with E-state index in [2.05, 4.69) is 12.3 Å². The zero-order valence-electron chi connectivity index (χ0n) is 10.9. The molecule has 0 bridgehead atoms. The molecule has 0 saturated heterocycles. The van der Waals surface area contributed by atoms with Crippen molar-refractivity contribution in [3.63, 3.8) is 0 Å². The summed E-state index contributed by atoms with van der Waals surface area (Å²) in [6.07, 6.45) is 9.16. The molecule has 1 rings (SSSR count). The lowest BCUT2D eigenvalue weighted by Gasteiger charge is -2.30. The fourth-order valence-electron chi connectivity index (χ4n) is 2.55. The molecule has 2 atom stereocenters. The van der Waals surface area contributed by atoms with Gasteiger partial charge in [-0.1, -0.05) is 26.2 Å². The van der Waals surface area contributed by atoms with Crippen LogP contribution < -0.4 is 11.3 Å². The number of hydrogen-bond acceptors (Lipinski definition) is 3. The average Bonchev–Trinajstić information content (AvgIpc) is 2.38. The fourth-order valence-corrected chi connectivity index (χ4v) is 2.55. The van der Waals surface area contributed by atoms with Crippen LogP contribution in [0.5, 0.6) is 0 Å². The summed E-state index contributed by atoms with van der Waals surface area (Å²) in [6, 6.07) is 0. The van der Waals surface area contributed by atoms with Gasteiger partial charge in [0.2, 0.25) is 5.91 Å². The van der Waals surface area contributed by atoms with E-state index in [1.165, 1.54) is 32.1 Å². The van der Waals surface area contributed by atoms with Crippen LogP contribution >= 0.6 is 0 Å². The highest BCUT2D eigenvalue weighted by Gasteiger charge is 2.23. The number of rotatable bonds is 7. The summed E-state index contributed by atoms with van der Waals surface area (Å²) in [4.78, 5) is 10.9. The molecule has 0 aromatic heterocycles. The Morgan fingerprint density at radius 2 is 2.12 bits per heavy atom. The first-order valence-corrected chi connectivity index (χ1v) is 6.89. The van der Waals surface area contributed by atoms with E-state index >= 15 is 0 Å². The molecular formula is C13H26N2O2. The van der Waals surface area contributed by atoms with Gasteiger partial charge >= 0.3 is 0 Å². The number of hydrazine groups is 1. The summed E-state index contributed by atoms with van der Waals surface area (Å²) >= 11 is 0. The smallest absolute Gasteiger partial charge is 0.233 e. The third kappa shape index (κ3) is 5.50. The Kier molecular flexibility index (Phi) is 7.21. The number of carbonyl (C=O) groups excluding carboxylic acids is 1. The summed E-state index contributed by atoms with van der Waals surface area (Å²) in [5, 5.41) is 0. The topological polar surface area (TPSA) is 64.3 Å². The Hall–Kier alpha value is -0.610. The second kappa shape index (κ2) is 8.48. The van der Waals surface area contributed by atoms with Crippen LogP contribution in [0.4, 0.5) is 0 Å². The molecule has 0 aromatic rings. The maximum Gasteiger partial charge on any atom is 0.233 e. The lowest BCUT2D eigenvalue weighted by Crippen LogP contribution is -2.30. The number of nitrogens with two attached hydrogens (primary N) is 1. The van der Waals surface area contributed by atoms with Gasteiger partial charge in [0.25, 0.3) is 0 Å². The highest BCUT2D eigenvalue weighted by atomic mass is 16.5. The highest BCUT2D eigenvalue weighted by Crippen LogP contribution is 2.29.